The third-order valence-corrected chi connectivity index (χ3v) is 5.25. The van der Waals surface area contributed by atoms with Crippen molar-refractivity contribution in [3.8, 4) is 0 Å². The summed E-state index contributed by atoms with van der Waals surface area (Å²) < 4.78 is 0. The minimum absolute atomic E-state index is 0.435. The van der Waals surface area contributed by atoms with Crippen LogP contribution in [0.3, 0.4) is 0 Å². The Labute approximate surface area is 126 Å². The summed E-state index contributed by atoms with van der Waals surface area (Å²) in [5, 5.41) is 11.2. The average molecular weight is 294 g/mol. The van der Waals surface area contributed by atoms with Crippen LogP contribution in [-0.4, -0.2) is 23.1 Å². The van der Waals surface area contributed by atoms with Crippen LogP contribution in [0.2, 0.25) is 5.02 Å². The maximum Gasteiger partial charge on any atom is 0.0934 e. The normalized spacial score (nSPS) is 25.7. The second-order valence-electron chi connectivity index (χ2n) is 7.02. The molecule has 0 spiro atoms. The van der Waals surface area contributed by atoms with E-state index in [0.29, 0.717) is 12.0 Å². The summed E-state index contributed by atoms with van der Waals surface area (Å²) in [7, 11) is 0. The average Bonchev–Trinajstić information content (AvgIpc) is 2.73. The summed E-state index contributed by atoms with van der Waals surface area (Å²) in [6.07, 6.45) is 4.90. The van der Waals surface area contributed by atoms with Crippen LogP contribution in [0.15, 0.2) is 12.1 Å². The fourth-order valence-electron chi connectivity index (χ4n) is 4.02. The van der Waals surface area contributed by atoms with Crippen LogP contribution >= 0.6 is 11.6 Å². The molecule has 1 aliphatic carbocycles. The van der Waals surface area contributed by atoms with Crippen molar-refractivity contribution < 1.29 is 5.11 Å². The van der Waals surface area contributed by atoms with Gasteiger partial charge in [0.25, 0.3) is 0 Å². The number of rotatable bonds is 2. The highest BCUT2D eigenvalue weighted by Crippen LogP contribution is 2.40. The molecule has 0 radical (unpaired) electrons. The first-order valence-corrected chi connectivity index (χ1v) is 8.04. The van der Waals surface area contributed by atoms with Crippen LogP contribution in [0.4, 0.5) is 0 Å². The zero-order valence-electron chi connectivity index (χ0n) is 12.5. The third kappa shape index (κ3) is 2.74. The van der Waals surface area contributed by atoms with Gasteiger partial charge < -0.3 is 5.11 Å². The third-order valence-electron chi connectivity index (χ3n) is 4.93. The van der Waals surface area contributed by atoms with Gasteiger partial charge in [-0.1, -0.05) is 37.4 Å². The summed E-state index contributed by atoms with van der Waals surface area (Å²) in [6.45, 7) is 7.19. The molecule has 110 valence electrons. The Morgan fingerprint density at radius 2 is 2.05 bits per heavy atom. The summed E-state index contributed by atoms with van der Waals surface area (Å²) >= 11 is 6.31. The molecule has 1 aliphatic heterocycles. The molecule has 1 N–H and O–H groups in total. The van der Waals surface area contributed by atoms with Gasteiger partial charge >= 0.3 is 0 Å². The van der Waals surface area contributed by atoms with E-state index in [1.54, 1.807) is 0 Å². The Hall–Kier alpha value is -0.570. The number of aryl methyl sites for hydroxylation is 1. The van der Waals surface area contributed by atoms with Crippen LogP contribution in [-0.2, 0) is 6.54 Å². The Kier molecular flexibility index (Phi) is 3.83. The van der Waals surface area contributed by atoms with Gasteiger partial charge in [-0.3, -0.25) is 4.90 Å². The predicted molar refractivity (Wildman–Crippen MR) is 83.0 cm³/mol. The topological polar surface area (TPSA) is 23.5 Å². The zero-order valence-corrected chi connectivity index (χ0v) is 13.2. The van der Waals surface area contributed by atoms with Crippen molar-refractivity contribution in [2.24, 2.45) is 5.41 Å². The van der Waals surface area contributed by atoms with E-state index in [4.69, 9.17) is 11.6 Å². The molecular weight excluding hydrogens is 270 g/mol. The van der Waals surface area contributed by atoms with Crippen molar-refractivity contribution in [2.75, 3.05) is 13.1 Å². The first kappa shape index (κ1) is 14.4. The second kappa shape index (κ2) is 5.32. The number of β-amino-alcohol motifs (C(OH)–C–C–N with tert-alkyl or cyclic N) is 1. The first-order chi connectivity index (χ1) is 9.47. The monoisotopic (exact) mass is 293 g/mol. The number of hydrogen-bond acceptors (Lipinski definition) is 2. The van der Waals surface area contributed by atoms with Gasteiger partial charge in [0, 0.05) is 30.2 Å². The van der Waals surface area contributed by atoms with Crippen LogP contribution in [0.25, 0.3) is 0 Å². The molecule has 2 aliphatic rings. The van der Waals surface area contributed by atoms with E-state index in [1.165, 1.54) is 36.8 Å². The summed E-state index contributed by atoms with van der Waals surface area (Å²) in [6, 6.07) is 4.13. The minimum atomic E-state index is -0.447. The molecule has 2 nitrogen and oxygen atoms in total. The van der Waals surface area contributed by atoms with Gasteiger partial charge in [-0.2, -0.15) is 0 Å². The lowest BCUT2D eigenvalue weighted by atomic mass is 9.86. The van der Waals surface area contributed by atoms with Crippen molar-refractivity contribution in [1.82, 2.24) is 4.90 Å². The summed E-state index contributed by atoms with van der Waals surface area (Å²) in [5.41, 5.74) is 3.76. The molecule has 0 saturated heterocycles. The molecule has 1 atom stereocenters. The number of halogens is 1. The number of fused-ring (bicyclic) bond motifs is 1. The molecule has 1 saturated carbocycles. The molecular formula is C17H24ClNO. The van der Waals surface area contributed by atoms with E-state index >= 15 is 0 Å². The highest BCUT2D eigenvalue weighted by molar-refractivity contribution is 6.31. The number of aliphatic hydroxyl groups is 1. The van der Waals surface area contributed by atoms with Crippen molar-refractivity contribution in [3.05, 3.63) is 33.8 Å². The van der Waals surface area contributed by atoms with Gasteiger partial charge in [-0.05, 0) is 42.4 Å². The maximum absolute atomic E-state index is 10.4. The lowest BCUT2D eigenvalue weighted by Gasteiger charge is -2.38. The fourth-order valence-corrected chi connectivity index (χ4v) is 4.44. The molecule has 20 heavy (non-hydrogen) atoms. The molecule has 1 fully saturated rings. The van der Waals surface area contributed by atoms with Crippen molar-refractivity contribution in [3.63, 3.8) is 0 Å². The second-order valence-corrected chi connectivity index (χ2v) is 7.43. The molecule has 1 aromatic carbocycles. The fraction of sp³-hybridized carbons (Fsp3) is 0.647. The minimum Gasteiger partial charge on any atom is -0.387 e. The molecule has 3 heteroatoms. The highest BCUT2D eigenvalue weighted by Gasteiger charge is 2.34. The summed E-state index contributed by atoms with van der Waals surface area (Å²) in [4.78, 5) is 2.41. The van der Waals surface area contributed by atoms with E-state index in [1.807, 2.05) is 6.07 Å². The number of hydrogen-bond donors (Lipinski definition) is 1. The molecule has 0 bridgehead atoms. The maximum atomic E-state index is 10.4. The Bertz CT molecular complexity index is 508. The van der Waals surface area contributed by atoms with Gasteiger partial charge in [-0.15, -0.1) is 0 Å². The van der Waals surface area contributed by atoms with Crippen LogP contribution in [0.5, 0.6) is 0 Å². The smallest absolute Gasteiger partial charge is 0.0934 e. The Balaban J connectivity index is 1.81. The SMILES string of the molecule is Cc1cc(Cl)c2c(c1)CN(CC1(C)CCCC1)CC2O. The van der Waals surface area contributed by atoms with Gasteiger partial charge in [0.2, 0.25) is 0 Å². The molecule has 0 amide bonds. The number of aliphatic hydroxyl groups excluding tert-OH is 1. The van der Waals surface area contributed by atoms with E-state index in [9.17, 15) is 5.11 Å². The van der Waals surface area contributed by atoms with Gasteiger partial charge in [0.15, 0.2) is 0 Å². The van der Waals surface area contributed by atoms with E-state index in [0.717, 1.165) is 23.7 Å². The quantitative estimate of drug-likeness (QED) is 0.888. The Morgan fingerprint density at radius 1 is 1.35 bits per heavy atom. The number of nitrogens with zero attached hydrogens (tertiary/aromatic N) is 1. The number of benzene rings is 1. The van der Waals surface area contributed by atoms with Crippen LogP contribution in [0.1, 0.15) is 55.4 Å². The zero-order chi connectivity index (χ0) is 14.3. The molecule has 1 aromatic rings. The first-order valence-electron chi connectivity index (χ1n) is 7.66. The predicted octanol–water partition coefficient (Wildman–Crippen LogP) is 4.08. The van der Waals surface area contributed by atoms with Crippen LogP contribution < -0.4 is 0 Å². The van der Waals surface area contributed by atoms with E-state index < -0.39 is 6.10 Å². The molecule has 1 heterocycles. The Morgan fingerprint density at radius 3 is 2.75 bits per heavy atom. The van der Waals surface area contributed by atoms with E-state index in [2.05, 4.69) is 24.8 Å². The van der Waals surface area contributed by atoms with Gasteiger partial charge in [-0.25, -0.2) is 0 Å². The lowest BCUT2D eigenvalue weighted by Crippen LogP contribution is -2.40. The van der Waals surface area contributed by atoms with Gasteiger partial charge in [0.05, 0.1) is 6.10 Å². The van der Waals surface area contributed by atoms with Crippen molar-refractivity contribution in [2.45, 2.75) is 52.2 Å². The van der Waals surface area contributed by atoms with Crippen molar-refractivity contribution >= 4 is 11.6 Å². The molecule has 1 unspecified atom stereocenters. The largest absolute Gasteiger partial charge is 0.387 e. The lowest BCUT2D eigenvalue weighted by molar-refractivity contribution is 0.0652. The standard InChI is InChI=1S/C17H24ClNO/c1-12-7-13-9-19(11-17(2)5-3-4-6-17)10-15(20)16(13)14(18)8-12/h7-8,15,20H,3-6,9-11H2,1-2H3. The highest BCUT2D eigenvalue weighted by atomic mass is 35.5. The summed E-state index contributed by atoms with van der Waals surface area (Å²) in [5.74, 6) is 0. The van der Waals surface area contributed by atoms with Crippen molar-refractivity contribution in [1.29, 1.82) is 0 Å². The molecule has 0 aromatic heterocycles. The van der Waals surface area contributed by atoms with Crippen LogP contribution in [0, 0.1) is 12.3 Å². The van der Waals surface area contributed by atoms with E-state index in [-0.39, 0.29) is 0 Å². The van der Waals surface area contributed by atoms with Gasteiger partial charge in [0.1, 0.15) is 0 Å². The molecule has 3 rings (SSSR count).